The molecule has 6 rings (SSSR count). The number of benzene rings is 1. The molecule has 1 amide bonds. The lowest BCUT2D eigenvalue weighted by molar-refractivity contribution is -0.0366. The first-order valence-corrected chi connectivity index (χ1v) is 14.1. The van der Waals surface area contributed by atoms with Crippen molar-refractivity contribution >= 4 is 24.1 Å². The third kappa shape index (κ3) is 5.59. The maximum atomic E-state index is 14.6. The van der Waals surface area contributed by atoms with Crippen molar-refractivity contribution in [1.82, 2.24) is 25.2 Å². The molecular formula is C30H35ClF2N6O3. The number of aromatic nitrogens is 3. The van der Waals surface area contributed by atoms with Crippen LogP contribution in [0.5, 0.6) is 17.2 Å². The van der Waals surface area contributed by atoms with Crippen molar-refractivity contribution in [2.75, 3.05) is 31.1 Å². The number of halogens is 3. The van der Waals surface area contributed by atoms with Crippen molar-refractivity contribution in [2.24, 2.45) is 5.41 Å². The highest BCUT2D eigenvalue weighted by Gasteiger charge is 2.54. The Bertz CT molecular complexity index is 1460. The van der Waals surface area contributed by atoms with E-state index in [4.69, 9.17) is 9.47 Å². The quantitative estimate of drug-likeness (QED) is 0.389. The summed E-state index contributed by atoms with van der Waals surface area (Å²) in [6.07, 6.45) is 6.61. The molecule has 0 atom stereocenters. The summed E-state index contributed by atoms with van der Waals surface area (Å²) >= 11 is 0. The molecule has 9 nitrogen and oxygen atoms in total. The van der Waals surface area contributed by atoms with Gasteiger partial charge < -0.3 is 24.6 Å². The molecule has 2 aliphatic heterocycles. The molecule has 1 N–H and O–H groups in total. The van der Waals surface area contributed by atoms with Gasteiger partial charge in [-0.15, -0.1) is 12.4 Å². The lowest BCUT2D eigenvalue weighted by Crippen LogP contribution is -2.65. The van der Waals surface area contributed by atoms with Crippen LogP contribution in [0.25, 0.3) is 0 Å². The Hall–Kier alpha value is -3.57. The molecule has 12 heteroatoms. The van der Waals surface area contributed by atoms with E-state index in [0.717, 1.165) is 50.2 Å². The van der Waals surface area contributed by atoms with E-state index in [1.54, 1.807) is 11.1 Å². The van der Waals surface area contributed by atoms with Gasteiger partial charge >= 0.3 is 0 Å². The normalized spacial score (nSPS) is 17.1. The van der Waals surface area contributed by atoms with Crippen LogP contribution in [-0.2, 0) is 13.0 Å². The van der Waals surface area contributed by atoms with E-state index in [-0.39, 0.29) is 47.2 Å². The molecular weight excluding hydrogens is 566 g/mol. The number of rotatable bonds is 8. The second-order valence-corrected chi connectivity index (χ2v) is 11.4. The van der Waals surface area contributed by atoms with Crippen LogP contribution in [0.4, 0.5) is 14.6 Å². The first-order valence-electron chi connectivity index (χ1n) is 14.1. The topological polar surface area (TPSA) is 92.7 Å². The Kier molecular flexibility index (Phi) is 8.52. The zero-order chi connectivity index (χ0) is 28.7. The van der Waals surface area contributed by atoms with E-state index in [0.29, 0.717) is 30.4 Å². The van der Waals surface area contributed by atoms with Crippen LogP contribution in [0.1, 0.15) is 55.2 Å². The predicted molar refractivity (Wildman–Crippen MR) is 156 cm³/mol. The number of carbonyl (C=O) groups excluding carboxylic acids is 1. The zero-order valence-corrected chi connectivity index (χ0v) is 24.7. The number of hydrogen-bond acceptors (Lipinski definition) is 8. The molecule has 2 fully saturated rings. The van der Waals surface area contributed by atoms with Crippen LogP contribution in [0, 0.1) is 17.0 Å². The summed E-state index contributed by atoms with van der Waals surface area (Å²) in [6.45, 7) is 9.07. The molecule has 3 aromatic rings. The molecule has 224 valence electrons. The first-order chi connectivity index (χ1) is 19.8. The average Bonchev–Trinajstić information content (AvgIpc) is 2.92. The average molecular weight is 601 g/mol. The second kappa shape index (κ2) is 12.0. The van der Waals surface area contributed by atoms with E-state index in [2.05, 4.69) is 25.2 Å². The third-order valence-electron chi connectivity index (χ3n) is 8.25. The van der Waals surface area contributed by atoms with Gasteiger partial charge in [0.2, 0.25) is 0 Å². The van der Waals surface area contributed by atoms with E-state index >= 15 is 0 Å². The number of pyridine rings is 1. The highest BCUT2D eigenvalue weighted by Crippen LogP contribution is 2.52. The van der Waals surface area contributed by atoms with Crippen molar-refractivity contribution in [2.45, 2.75) is 58.7 Å². The maximum absolute atomic E-state index is 14.6. The molecule has 0 unspecified atom stereocenters. The van der Waals surface area contributed by atoms with Gasteiger partial charge in [-0.1, -0.05) is 0 Å². The van der Waals surface area contributed by atoms with E-state index in [9.17, 15) is 13.6 Å². The smallest absolute Gasteiger partial charge is 0.257 e. The molecule has 1 spiro atoms. The van der Waals surface area contributed by atoms with Crippen LogP contribution in [0.2, 0.25) is 0 Å². The van der Waals surface area contributed by atoms with Gasteiger partial charge in [-0.25, -0.2) is 18.7 Å². The Morgan fingerprint density at radius 3 is 2.71 bits per heavy atom. The number of anilines is 1. The van der Waals surface area contributed by atoms with Gasteiger partial charge in [0, 0.05) is 56.2 Å². The lowest BCUT2D eigenvalue weighted by Gasteiger charge is -2.59. The molecule has 0 radical (unpaired) electrons. The summed E-state index contributed by atoms with van der Waals surface area (Å²) in [7, 11) is 0. The molecule has 3 aliphatic rings. The van der Waals surface area contributed by atoms with Crippen molar-refractivity contribution in [3.63, 3.8) is 0 Å². The van der Waals surface area contributed by atoms with E-state index in [1.165, 1.54) is 30.7 Å². The minimum absolute atomic E-state index is 0. The minimum Gasteiger partial charge on any atom is -0.487 e. The van der Waals surface area contributed by atoms with Gasteiger partial charge in [0.05, 0.1) is 23.7 Å². The van der Waals surface area contributed by atoms with E-state index < -0.39 is 11.6 Å². The number of ether oxygens (including phenoxy) is 2. The summed E-state index contributed by atoms with van der Waals surface area (Å²) in [5, 5.41) is 3.27. The molecule has 1 aliphatic carbocycles. The predicted octanol–water partition coefficient (Wildman–Crippen LogP) is 4.93. The molecule has 0 bridgehead atoms. The fourth-order valence-electron chi connectivity index (χ4n) is 6.21. The molecule has 42 heavy (non-hydrogen) atoms. The van der Waals surface area contributed by atoms with Crippen molar-refractivity contribution in [1.29, 1.82) is 0 Å². The second-order valence-electron chi connectivity index (χ2n) is 11.4. The monoisotopic (exact) mass is 600 g/mol. The number of nitrogens with one attached hydrogen (secondary N) is 1. The Balaban J connectivity index is 0.00000353. The number of nitrogens with zero attached hydrogens (tertiary/aromatic N) is 5. The number of amides is 1. The molecule has 4 heterocycles. The summed E-state index contributed by atoms with van der Waals surface area (Å²) in [6, 6.07) is 3.89. The Labute approximate surface area is 250 Å². The van der Waals surface area contributed by atoms with Crippen molar-refractivity contribution in [3.05, 3.63) is 65.4 Å². The largest absolute Gasteiger partial charge is 0.487 e. The zero-order valence-electron chi connectivity index (χ0n) is 23.9. The molecule has 2 aromatic heterocycles. The van der Waals surface area contributed by atoms with Gasteiger partial charge in [-0.2, -0.15) is 0 Å². The van der Waals surface area contributed by atoms with Crippen LogP contribution >= 0.6 is 12.4 Å². The number of fused-ring (bicyclic) bond motifs is 1. The third-order valence-corrected chi connectivity index (χ3v) is 8.25. The van der Waals surface area contributed by atoms with Crippen LogP contribution in [0.3, 0.4) is 0 Å². The van der Waals surface area contributed by atoms with Gasteiger partial charge in [0.15, 0.2) is 23.1 Å². The van der Waals surface area contributed by atoms with Gasteiger partial charge in [-0.05, 0) is 51.8 Å². The fourth-order valence-corrected chi connectivity index (χ4v) is 6.21. The van der Waals surface area contributed by atoms with Crippen molar-refractivity contribution in [3.8, 4) is 17.2 Å². The van der Waals surface area contributed by atoms with Crippen LogP contribution in [0.15, 0.2) is 36.9 Å². The number of hydrogen-bond donors (Lipinski definition) is 1. The highest BCUT2D eigenvalue weighted by molar-refractivity contribution is 5.97. The van der Waals surface area contributed by atoms with Gasteiger partial charge in [-0.3, -0.25) is 9.78 Å². The first kappa shape index (κ1) is 29.9. The van der Waals surface area contributed by atoms with Crippen molar-refractivity contribution < 1.29 is 23.0 Å². The maximum Gasteiger partial charge on any atom is 0.257 e. The minimum atomic E-state index is -0.514. The summed E-state index contributed by atoms with van der Waals surface area (Å²) < 4.78 is 41.1. The van der Waals surface area contributed by atoms with Gasteiger partial charge in [0.25, 0.3) is 5.91 Å². The fraction of sp³-hybridized carbons (Fsp3) is 0.467. The Morgan fingerprint density at radius 1 is 1.19 bits per heavy atom. The summed E-state index contributed by atoms with van der Waals surface area (Å²) in [4.78, 5) is 29.8. The SMILES string of the molecule is CCN(C(=O)c1cc(F)ccc1Oc1cncnc1N1CC2(CC(Oc3c(F)cnc4c3CNCC4)C2)C1)C(C)C.Cl. The molecule has 1 saturated heterocycles. The highest BCUT2D eigenvalue weighted by atomic mass is 35.5. The van der Waals surface area contributed by atoms with Gasteiger partial charge in [0.1, 0.15) is 24.0 Å². The summed E-state index contributed by atoms with van der Waals surface area (Å²) in [5.41, 5.74) is 1.93. The van der Waals surface area contributed by atoms with Crippen LogP contribution < -0.4 is 19.7 Å². The standard InChI is InChI=1S/C30H34F2N6O3.ClH/c1-4-38(18(2)3)29(39)21-9-19(31)5-6-25(21)41-26-14-34-17-36-28(26)37-15-30(16-37)10-20(11-30)40-27-22-12-33-8-7-24(22)35-13-23(27)32;/h5-6,9,13-14,17-18,20,33H,4,7-8,10-12,15-16H2,1-3H3;1H. The summed E-state index contributed by atoms with van der Waals surface area (Å²) in [5.74, 6) is 0.335. The molecule has 1 saturated carbocycles. The lowest BCUT2D eigenvalue weighted by atomic mass is 9.61. The Morgan fingerprint density at radius 2 is 1.98 bits per heavy atom. The number of carbonyl (C=O) groups is 1. The molecule has 1 aromatic carbocycles. The van der Waals surface area contributed by atoms with E-state index in [1.807, 2.05) is 20.8 Å². The van der Waals surface area contributed by atoms with Crippen LogP contribution in [-0.4, -0.2) is 64.1 Å².